The van der Waals surface area contributed by atoms with Crippen LogP contribution in [0, 0.1) is 6.92 Å². The average Bonchev–Trinajstić information content (AvgIpc) is 2.75. The van der Waals surface area contributed by atoms with Gasteiger partial charge < -0.3 is 15.6 Å². The van der Waals surface area contributed by atoms with Gasteiger partial charge in [-0.2, -0.15) is 0 Å². The summed E-state index contributed by atoms with van der Waals surface area (Å²) >= 11 is 0. The van der Waals surface area contributed by atoms with Crippen LogP contribution >= 0.6 is 0 Å². The van der Waals surface area contributed by atoms with E-state index in [1.165, 1.54) is 0 Å². The normalized spacial score (nSPS) is 10.2. The van der Waals surface area contributed by atoms with Gasteiger partial charge in [-0.15, -0.1) is 0 Å². The lowest BCUT2D eigenvalue weighted by atomic mass is 10.2. The molecule has 0 radical (unpaired) electrons. The molecule has 1 heterocycles. The van der Waals surface area contributed by atoms with Gasteiger partial charge in [0.25, 0.3) is 0 Å². The van der Waals surface area contributed by atoms with E-state index in [2.05, 4.69) is 10.5 Å². The van der Waals surface area contributed by atoms with Crippen LogP contribution in [-0.4, -0.2) is 17.0 Å². The molecule has 1 aromatic carbocycles. The van der Waals surface area contributed by atoms with Gasteiger partial charge in [0, 0.05) is 17.3 Å². The molecule has 0 fully saturated rings. The van der Waals surface area contributed by atoms with Crippen molar-refractivity contribution < 1.29 is 14.1 Å². The highest BCUT2D eigenvalue weighted by molar-refractivity contribution is 5.95. The van der Waals surface area contributed by atoms with Gasteiger partial charge in [0.1, 0.15) is 5.76 Å². The fourth-order valence-electron chi connectivity index (χ4n) is 1.59. The topological polar surface area (TPSA) is 98.2 Å². The maximum absolute atomic E-state index is 11.7. The van der Waals surface area contributed by atoms with Crippen molar-refractivity contribution in [3.63, 3.8) is 0 Å². The molecule has 2 aromatic rings. The van der Waals surface area contributed by atoms with Crippen molar-refractivity contribution >= 4 is 17.5 Å². The molecule has 6 nitrogen and oxygen atoms in total. The van der Waals surface area contributed by atoms with Gasteiger partial charge in [0.15, 0.2) is 0 Å². The zero-order valence-electron chi connectivity index (χ0n) is 10.3. The largest absolute Gasteiger partial charge is 0.366 e. The van der Waals surface area contributed by atoms with Crippen molar-refractivity contribution in [2.75, 3.05) is 5.32 Å². The molecule has 6 heteroatoms. The number of carbonyl (C=O) groups is 2. The van der Waals surface area contributed by atoms with Crippen LogP contribution < -0.4 is 11.1 Å². The number of carbonyl (C=O) groups excluding carboxylic acids is 2. The first-order valence-electron chi connectivity index (χ1n) is 5.66. The lowest BCUT2D eigenvalue weighted by Gasteiger charge is -2.04. The minimum absolute atomic E-state index is 0.134. The molecule has 0 aliphatic heterocycles. The van der Waals surface area contributed by atoms with Crippen molar-refractivity contribution in [2.45, 2.75) is 13.3 Å². The summed E-state index contributed by atoms with van der Waals surface area (Å²) in [5.74, 6) is -0.0512. The number of anilines is 1. The van der Waals surface area contributed by atoms with Crippen molar-refractivity contribution in [2.24, 2.45) is 5.73 Å². The van der Waals surface area contributed by atoms with Gasteiger partial charge >= 0.3 is 0 Å². The van der Waals surface area contributed by atoms with Crippen molar-refractivity contribution in [3.8, 4) is 0 Å². The minimum atomic E-state index is -0.504. The summed E-state index contributed by atoms with van der Waals surface area (Å²) in [5, 5.41) is 6.43. The van der Waals surface area contributed by atoms with E-state index < -0.39 is 5.91 Å². The molecule has 0 saturated heterocycles. The van der Waals surface area contributed by atoms with Crippen LogP contribution in [0.1, 0.15) is 21.8 Å². The van der Waals surface area contributed by atoms with Crippen LogP contribution in [0.5, 0.6) is 0 Å². The Bertz CT molecular complexity index is 602. The zero-order chi connectivity index (χ0) is 13.8. The summed E-state index contributed by atoms with van der Waals surface area (Å²) in [6.45, 7) is 1.76. The van der Waals surface area contributed by atoms with Gasteiger partial charge in [0.2, 0.25) is 11.8 Å². The second-order valence-corrected chi connectivity index (χ2v) is 4.10. The average molecular weight is 259 g/mol. The Morgan fingerprint density at radius 3 is 2.53 bits per heavy atom. The second-order valence-electron chi connectivity index (χ2n) is 4.10. The fourth-order valence-corrected chi connectivity index (χ4v) is 1.59. The number of hydrogen-bond donors (Lipinski definition) is 2. The molecule has 19 heavy (non-hydrogen) atoms. The lowest BCUT2D eigenvalue weighted by molar-refractivity contribution is -0.115. The predicted octanol–water partition coefficient (Wildman–Crippen LogP) is 1.26. The van der Waals surface area contributed by atoms with Crippen LogP contribution in [0.4, 0.5) is 5.69 Å². The molecule has 0 saturated carbocycles. The van der Waals surface area contributed by atoms with E-state index in [0.717, 1.165) is 0 Å². The Balaban J connectivity index is 1.97. The third-order valence-corrected chi connectivity index (χ3v) is 2.47. The van der Waals surface area contributed by atoms with E-state index in [4.69, 9.17) is 10.3 Å². The maximum atomic E-state index is 11.7. The summed E-state index contributed by atoms with van der Waals surface area (Å²) in [6.07, 6.45) is 0.134. The molecule has 0 unspecified atom stereocenters. The number of aromatic nitrogens is 1. The third-order valence-electron chi connectivity index (χ3n) is 2.47. The third kappa shape index (κ3) is 3.41. The Morgan fingerprint density at radius 2 is 2.00 bits per heavy atom. The van der Waals surface area contributed by atoms with E-state index in [-0.39, 0.29) is 12.3 Å². The first-order chi connectivity index (χ1) is 9.04. The minimum Gasteiger partial charge on any atom is -0.366 e. The first kappa shape index (κ1) is 12.8. The first-order valence-corrected chi connectivity index (χ1v) is 5.66. The van der Waals surface area contributed by atoms with Gasteiger partial charge in [-0.3, -0.25) is 9.59 Å². The molecule has 0 atom stereocenters. The van der Waals surface area contributed by atoms with Crippen LogP contribution in [0.2, 0.25) is 0 Å². The summed E-state index contributed by atoms with van der Waals surface area (Å²) < 4.78 is 4.88. The fraction of sp³-hybridized carbons (Fsp3) is 0.154. The highest BCUT2D eigenvalue weighted by Crippen LogP contribution is 2.10. The SMILES string of the molecule is Cc1cc(CC(=O)Nc2ccc(C(N)=O)cc2)no1. The van der Waals surface area contributed by atoms with E-state index in [1.54, 1.807) is 37.3 Å². The number of benzene rings is 1. The molecular weight excluding hydrogens is 246 g/mol. The number of nitrogens with two attached hydrogens (primary N) is 1. The van der Waals surface area contributed by atoms with E-state index in [1.807, 2.05) is 0 Å². The van der Waals surface area contributed by atoms with E-state index >= 15 is 0 Å². The molecule has 2 rings (SSSR count). The summed E-state index contributed by atoms with van der Waals surface area (Å²) in [6, 6.07) is 8.05. The van der Waals surface area contributed by atoms with Gasteiger partial charge in [-0.25, -0.2) is 0 Å². The highest BCUT2D eigenvalue weighted by Gasteiger charge is 2.08. The summed E-state index contributed by atoms with van der Waals surface area (Å²) in [4.78, 5) is 22.6. The number of rotatable bonds is 4. The second kappa shape index (κ2) is 5.34. The smallest absolute Gasteiger partial charge is 0.248 e. The summed E-state index contributed by atoms with van der Waals surface area (Å²) in [7, 11) is 0. The number of nitrogens with zero attached hydrogens (tertiary/aromatic N) is 1. The van der Waals surface area contributed by atoms with Crippen LogP contribution in [0.3, 0.4) is 0 Å². The Labute approximate surface area is 109 Å². The van der Waals surface area contributed by atoms with Crippen molar-refractivity contribution in [3.05, 3.63) is 47.3 Å². The molecule has 0 bridgehead atoms. The molecular formula is C13H13N3O3. The number of primary amides is 1. The monoisotopic (exact) mass is 259 g/mol. The molecule has 0 aliphatic rings. The maximum Gasteiger partial charge on any atom is 0.248 e. The Hall–Kier alpha value is -2.63. The number of aryl methyl sites for hydroxylation is 1. The van der Waals surface area contributed by atoms with Crippen LogP contribution in [0.25, 0.3) is 0 Å². The number of nitrogens with one attached hydrogen (secondary N) is 1. The molecule has 2 amide bonds. The van der Waals surface area contributed by atoms with Crippen LogP contribution in [0.15, 0.2) is 34.9 Å². The molecule has 1 aromatic heterocycles. The molecule has 98 valence electrons. The number of amides is 2. The lowest BCUT2D eigenvalue weighted by Crippen LogP contribution is -2.15. The molecule has 0 aliphatic carbocycles. The standard InChI is InChI=1S/C13H13N3O3/c1-8-6-11(16-19-8)7-12(17)15-10-4-2-9(3-5-10)13(14)18/h2-6H,7H2,1H3,(H2,14,18)(H,15,17). The quantitative estimate of drug-likeness (QED) is 0.863. The zero-order valence-corrected chi connectivity index (χ0v) is 10.3. The predicted molar refractivity (Wildman–Crippen MR) is 68.5 cm³/mol. The molecule has 3 N–H and O–H groups in total. The van der Waals surface area contributed by atoms with Gasteiger partial charge in [0.05, 0.1) is 12.1 Å². The van der Waals surface area contributed by atoms with E-state index in [9.17, 15) is 9.59 Å². The highest BCUT2D eigenvalue weighted by atomic mass is 16.5. The molecule has 0 spiro atoms. The summed E-state index contributed by atoms with van der Waals surface area (Å²) in [5.41, 5.74) is 6.68. The van der Waals surface area contributed by atoms with Gasteiger partial charge in [-0.1, -0.05) is 5.16 Å². The Morgan fingerprint density at radius 1 is 1.32 bits per heavy atom. The van der Waals surface area contributed by atoms with Crippen molar-refractivity contribution in [1.82, 2.24) is 5.16 Å². The Kier molecular flexibility index (Phi) is 3.61. The number of hydrogen-bond acceptors (Lipinski definition) is 4. The van der Waals surface area contributed by atoms with Gasteiger partial charge in [-0.05, 0) is 31.2 Å². The van der Waals surface area contributed by atoms with E-state index in [0.29, 0.717) is 22.7 Å². The van der Waals surface area contributed by atoms with Crippen molar-refractivity contribution in [1.29, 1.82) is 0 Å². The van der Waals surface area contributed by atoms with Crippen LogP contribution in [-0.2, 0) is 11.2 Å².